The van der Waals surface area contributed by atoms with Gasteiger partial charge in [-0.1, -0.05) is 43.0 Å². The van der Waals surface area contributed by atoms with Crippen LogP contribution >= 0.6 is 0 Å². The second-order valence-electron chi connectivity index (χ2n) is 8.62. The summed E-state index contributed by atoms with van der Waals surface area (Å²) >= 11 is 0. The Morgan fingerprint density at radius 2 is 2.06 bits per heavy atom. The third-order valence-electron chi connectivity index (χ3n) is 6.30. The second kappa shape index (κ2) is 8.46. The Hall–Kier alpha value is -3.66. The highest BCUT2D eigenvalue weighted by molar-refractivity contribution is 5.89. The number of ether oxygens (including phenoxy) is 1. The zero-order valence-electron chi connectivity index (χ0n) is 18.5. The predicted octanol–water partition coefficient (Wildman–Crippen LogP) is 6.56. The molecule has 1 aliphatic carbocycles. The molecular weight excluding hydrogens is 394 g/mol. The van der Waals surface area contributed by atoms with Crippen LogP contribution in [0.4, 0.5) is 22.7 Å². The van der Waals surface area contributed by atoms with Crippen molar-refractivity contribution >= 4 is 28.3 Å². The Morgan fingerprint density at radius 1 is 1.19 bits per heavy atom. The molecule has 2 heterocycles. The van der Waals surface area contributed by atoms with Gasteiger partial charge < -0.3 is 20.7 Å². The zero-order chi connectivity index (χ0) is 22.1. The third-order valence-corrected chi connectivity index (χ3v) is 6.30. The van der Waals surface area contributed by atoms with E-state index in [9.17, 15) is 0 Å². The monoisotopic (exact) mass is 423 g/mol. The minimum atomic E-state index is 0.355. The molecule has 162 valence electrons. The standard InChI is InChI=1S/C28H29N3O/c1-19-15-22(11-9-20-8-10-21-5-4-14-32-28(21)16-20)26-13-12-25(18-27(26)30-19)31(2)24-7-3-6-23(29)17-24/h3,6-13,15,17-18,20,30H,1,4-5,14,16,29H2,2H3/b11-9+. The van der Waals surface area contributed by atoms with Gasteiger partial charge in [-0.2, -0.15) is 0 Å². The van der Waals surface area contributed by atoms with E-state index in [1.165, 1.54) is 22.5 Å². The summed E-state index contributed by atoms with van der Waals surface area (Å²) in [7, 11) is 2.05. The lowest BCUT2D eigenvalue weighted by molar-refractivity contribution is 0.174. The Bertz CT molecular complexity index is 1180. The minimum absolute atomic E-state index is 0.355. The number of nitrogens with zero attached hydrogens (tertiary/aromatic N) is 1. The summed E-state index contributed by atoms with van der Waals surface area (Å²) in [5.41, 5.74) is 14.5. The van der Waals surface area contributed by atoms with Gasteiger partial charge in [0.1, 0.15) is 0 Å². The van der Waals surface area contributed by atoms with Crippen molar-refractivity contribution in [1.29, 1.82) is 0 Å². The Labute approximate surface area is 190 Å². The van der Waals surface area contributed by atoms with Crippen LogP contribution in [0.25, 0.3) is 5.57 Å². The van der Waals surface area contributed by atoms with E-state index in [1.807, 2.05) is 18.2 Å². The van der Waals surface area contributed by atoms with Gasteiger partial charge in [0, 0.05) is 53.4 Å². The molecule has 0 radical (unpaired) electrons. The van der Waals surface area contributed by atoms with Crippen molar-refractivity contribution in [3.8, 4) is 0 Å². The van der Waals surface area contributed by atoms with Crippen molar-refractivity contribution in [1.82, 2.24) is 0 Å². The van der Waals surface area contributed by atoms with Crippen molar-refractivity contribution in [3.05, 3.63) is 102 Å². The normalized spacial score (nSPS) is 19.7. The average Bonchev–Trinajstić information content (AvgIpc) is 2.81. The number of nitrogens with two attached hydrogens (primary N) is 1. The summed E-state index contributed by atoms with van der Waals surface area (Å²) in [5.74, 6) is 1.53. The summed E-state index contributed by atoms with van der Waals surface area (Å²) < 4.78 is 5.90. The van der Waals surface area contributed by atoms with Crippen LogP contribution in [0.15, 0.2) is 96.5 Å². The van der Waals surface area contributed by atoms with Gasteiger partial charge in [0.2, 0.25) is 0 Å². The molecule has 4 nitrogen and oxygen atoms in total. The fourth-order valence-corrected chi connectivity index (χ4v) is 4.53. The highest BCUT2D eigenvalue weighted by Crippen LogP contribution is 2.37. The van der Waals surface area contributed by atoms with Gasteiger partial charge in [0.05, 0.1) is 12.4 Å². The Balaban J connectivity index is 1.37. The molecular formula is C28H29N3O. The molecule has 32 heavy (non-hydrogen) atoms. The number of nitrogens with one attached hydrogen (secondary N) is 1. The van der Waals surface area contributed by atoms with Crippen LogP contribution in [0.2, 0.25) is 0 Å². The number of hydrogen-bond donors (Lipinski definition) is 2. The number of anilines is 4. The average molecular weight is 424 g/mol. The fraction of sp³-hybridized carbons (Fsp3) is 0.214. The van der Waals surface area contributed by atoms with E-state index < -0.39 is 0 Å². The Kier molecular flexibility index (Phi) is 5.36. The molecule has 0 saturated heterocycles. The van der Waals surface area contributed by atoms with Crippen LogP contribution in [-0.2, 0) is 4.74 Å². The Morgan fingerprint density at radius 3 is 2.94 bits per heavy atom. The molecule has 0 fully saturated rings. The van der Waals surface area contributed by atoms with Gasteiger partial charge >= 0.3 is 0 Å². The van der Waals surface area contributed by atoms with Crippen molar-refractivity contribution < 1.29 is 4.74 Å². The van der Waals surface area contributed by atoms with Crippen molar-refractivity contribution in [2.75, 3.05) is 29.6 Å². The minimum Gasteiger partial charge on any atom is -0.498 e. The molecule has 3 N–H and O–H groups in total. The molecule has 2 aromatic rings. The van der Waals surface area contributed by atoms with E-state index in [0.29, 0.717) is 5.92 Å². The maximum absolute atomic E-state index is 5.97. The van der Waals surface area contributed by atoms with E-state index in [4.69, 9.17) is 10.5 Å². The highest BCUT2D eigenvalue weighted by atomic mass is 16.5. The molecule has 0 amide bonds. The van der Waals surface area contributed by atoms with Crippen LogP contribution in [0, 0.1) is 5.92 Å². The van der Waals surface area contributed by atoms with Gasteiger partial charge in [0.25, 0.3) is 0 Å². The molecule has 1 atom stereocenters. The number of allylic oxidation sites excluding steroid dienone is 8. The van der Waals surface area contributed by atoms with Crippen LogP contribution in [-0.4, -0.2) is 13.7 Å². The molecule has 4 heteroatoms. The topological polar surface area (TPSA) is 50.5 Å². The number of nitrogen functional groups attached to an aromatic ring is 1. The summed E-state index contributed by atoms with van der Waals surface area (Å²) in [4.78, 5) is 2.14. The smallest absolute Gasteiger partial charge is 0.1000 e. The molecule has 3 aliphatic rings. The second-order valence-corrected chi connectivity index (χ2v) is 8.62. The number of fused-ring (bicyclic) bond motifs is 1. The first-order valence-corrected chi connectivity index (χ1v) is 11.2. The van der Waals surface area contributed by atoms with E-state index in [-0.39, 0.29) is 0 Å². The maximum Gasteiger partial charge on any atom is 0.1000 e. The van der Waals surface area contributed by atoms with E-state index >= 15 is 0 Å². The fourth-order valence-electron chi connectivity index (χ4n) is 4.53. The molecule has 2 aromatic carbocycles. The lowest BCUT2D eigenvalue weighted by atomic mass is 9.90. The first-order valence-electron chi connectivity index (χ1n) is 11.2. The van der Waals surface area contributed by atoms with Crippen LogP contribution < -0.4 is 16.0 Å². The largest absolute Gasteiger partial charge is 0.498 e. The van der Waals surface area contributed by atoms with Crippen molar-refractivity contribution in [3.63, 3.8) is 0 Å². The summed E-state index contributed by atoms with van der Waals surface area (Å²) in [6.45, 7) is 5.01. The third kappa shape index (κ3) is 4.09. The number of benzene rings is 2. The zero-order valence-corrected chi connectivity index (χ0v) is 18.5. The van der Waals surface area contributed by atoms with E-state index in [1.54, 1.807) is 0 Å². The predicted molar refractivity (Wildman–Crippen MR) is 135 cm³/mol. The van der Waals surface area contributed by atoms with E-state index in [2.05, 4.69) is 78.5 Å². The lowest BCUT2D eigenvalue weighted by Gasteiger charge is -2.26. The van der Waals surface area contributed by atoms with Crippen LogP contribution in [0.3, 0.4) is 0 Å². The molecule has 2 aliphatic heterocycles. The molecule has 5 rings (SSSR count). The van der Waals surface area contributed by atoms with Gasteiger partial charge in [0.15, 0.2) is 0 Å². The maximum atomic E-state index is 5.97. The van der Waals surface area contributed by atoms with Gasteiger partial charge in [-0.3, -0.25) is 0 Å². The quantitative estimate of drug-likeness (QED) is 0.547. The molecule has 0 spiro atoms. The van der Waals surface area contributed by atoms with Crippen LogP contribution in [0.1, 0.15) is 24.8 Å². The molecule has 1 unspecified atom stereocenters. The highest BCUT2D eigenvalue weighted by Gasteiger charge is 2.20. The van der Waals surface area contributed by atoms with Gasteiger partial charge in [-0.25, -0.2) is 0 Å². The summed E-state index contributed by atoms with van der Waals surface area (Å²) in [6.07, 6.45) is 14.4. The summed E-state index contributed by atoms with van der Waals surface area (Å²) in [6, 6.07) is 14.4. The number of hydrogen-bond acceptors (Lipinski definition) is 4. The van der Waals surface area contributed by atoms with E-state index in [0.717, 1.165) is 54.3 Å². The molecule has 0 bridgehead atoms. The molecule has 0 saturated carbocycles. The van der Waals surface area contributed by atoms with Gasteiger partial charge in [-0.05, 0) is 60.4 Å². The van der Waals surface area contributed by atoms with Crippen molar-refractivity contribution in [2.45, 2.75) is 19.3 Å². The molecule has 0 aromatic heterocycles. The summed E-state index contributed by atoms with van der Waals surface area (Å²) in [5, 5.41) is 3.43. The van der Waals surface area contributed by atoms with Crippen LogP contribution in [0.5, 0.6) is 0 Å². The first-order chi connectivity index (χ1) is 15.6. The SMILES string of the molecule is C=C1C=C(/C=C/C2C=CC3=C(C2)OCCC3)c2ccc(N(C)c3cccc(N)c3)cc2N1. The van der Waals surface area contributed by atoms with Crippen molar-refractivity contribution in [2.24, 2.45) is 5.92 Å². The van der Waals surface area contributed by atoms with Gasteiger partial charge in [-0.15, -0.1) is 0 Å². The lowest BCUT2D eigenvalue weighted by Crippen LogP contribution is -2.12. The first kappa shape index (κ1) is 20.3. The number of rotatable bonds is 4.